The second-order valence-electron chi connectivity index (χ2n) is 8.24. The van der Waals surface area contributed by atoms with Crippen LogP contribution >= 0.6 is 24.0 Å². The molecule has 1 aromatic carbocycles. The van der Waals surface area contributed by atoms with Crippen LogP contribution < -0.4 is 10.6 Å². The van der Waals surface area contributed by atoms with Crippen molar-refractivity contribution >= 4 is 46.9 Å². The standard InChI is InChI=1S/C22H31N5O2.HI/c1-5-23-20(25-14-17-9-6-8-16-10-7-12-24-19(16)17)27-13-11-18(15-27)26-21(28)29-22(2,3)4;/h6-10,12,18H,5,11,13-15H2,1-4H3,(H,23,25)(H,26,28);1H. The Morgan fingerprint density at radius 1 is 1.30 bits per heavy atom. The highest BCUT2D eigenvalue weighted by atomic mass is 127. The van der Waals surface area contributed by atoms with Crippen molar-refractivity contribution in [2.75, 3.05) is 19.6 Å². The maximum Gasteiger partial charge on any atom is 0.407 e. The van der Waals surface area contributed by atoms with Crippen LogP contribution in [0, 0.1) is 0 Å². The van der Waals surface area contributed by atoms with E-state index in [-0.39, 0.29) is 36.1 Å². The quantitative estimate of drug-likeness (QED) is 0.360. The number of benzene rings is 1. The molecule has 1 aliphatic heterocycles. The van der Waals surface area contributed by atoms with E-state index in [2.05, 4.69) is 45.6 Å². The summed E-state index contributed by atoms with van der Waals surface area (Å²) in [6.45, 7) is 10.5. The molecule has 1 saturated heterocycles. The van der Waals surface area contributed by atoms with Gasteiger partial charge in [0.15, 0.2) is 5.96 Å². The summed E-state index contributed by atoms with van der Waals surface area (Å²) in [5.41, 5.74) is 1.59. The monoisotopic (exact) mass is 525 g/mol. The van der Waals surface area contributed by atoms with Crippen LogP contribution in [-0.2, 0) is 11.3 Å². The van der Waals surface area contributed by atoms with Crippen LogP contribution in [-0.4, -0.2) is 53.2 Å². The number of aromatic nitrogens is 1. The van der Waals surface area contributed by atoms with Crippen LogP contribution in [0.2, 0.25) is 0 Å². The Hall–Kier alpha value is -2.10. The molecule has 2 N–H and O–H groups in total. The van der Waals surface area contributed by atoms with Crippen LogP contribution in [0.4, 0.5) is 4.79 Å². The van der Waals surface area contributed by atoms with Gasteiger partial charge in [-0.3, -0.25) is 4.98 Å². The lowest BCUT2D eigenvalue weighted by molar-refractivity contribution is 0.0507. The number of likely N-dealkylation sites (tertiary alicyclic amines) is 1. The number of nitrogens with one attached hydrogen (secondary N) is 2. The van der Waals surface area contributed by atoms with Gasteiger partial charge >= 0.3 is 6.09 Å². The van der Waals surface area contributed by atoms with Gasteiger partial charge in [0.1, 0.15) is 5.60 Å². The number of alkyl carbamates (subject to hydrolysis) is 1. The van der Waals surface area contributed by atoms with Gasteiger partial charge in [-0.05, 0) is 45.7 Å². The predicted octanol–water partition coefficient (Wildman–Crippen LogP) is 3.92. The molecule has 0 saturated carbocycles. The molecule has 1 amide bonds. The molecule has 1 aliphatic rings. The molecule has 2 heterocycles. The molecule has 0 spiro atoms. The third kappa shape index (κ3) is 6.72. The van der Waals surface area contributed by atoms with E-state index >= 15 is 0 Å². The minimum absolute atomic E-state index is 0. The van der Waals surface area contributed by atoms with Crippen molar-refractivity contribution in [2.45, 2.75) is 52.3 Å². The summed E-state index contributed by atoms with van der Waals surface area (Å²) in [5, 5.41) is 7.45. The first-order valence-electron chi connectivity index (χ1n) is 10.2. The lowest BCUT2D eigenvalue weighted by Gasteiger charge is -2.23. The number of carbonyl (C=O) groups excluding carboxylic acids is 1. The van der Waals surface area contributed by atoms with E-state index in [4.69, 9.17) is 9.73 Å². The van der Waals surface area contributed by atoms with Crippen molar-refractivity contribution in [3.8, 4) is 0 Å². The molecule has 0 bridgehead atoms. The zero-order valence-electron chi connectivity index (χ0n) is 18.1. The molecule has 0 radical (unpaired) electrons. The lowest BCUT2D eigenvalue weighted by Crippen LogP contribution is -2.44. The van der Waals surface area contributed by atoms with E-state index in [1.807, 2.05) is 39.1 Å². The first kappa shape index (κ1) is 24.2. The second-order valence-corrected chi connectivity index (χ2v) is 8.24. The molecule has 164 valence electrons. The minimum Gasteiger partial charge on any atom is -0.444 e. The van der Waals surface area contributed by atoms with E-state index in [1.165, 1.54) is 0 Å². The molecule has 1 atom stereocenters. The summed E-state index contributed by atoms with van der Waals surface area (Å²) in [6.07, 6.45) is 2.31. The van der Waals surface area contributed by atoms with Crippen molar-refractivity contribution in [1.82, 2.24) is 20.5 Å². The molecular formula is C22H32IN5O2. The first-order valence-corrected chi connectivity index (χ1v) is 10.2. The zero-order chi connectivity index (χ0) is 20.9. The summed E-state index contributed by atoms with van der Waals surface area (Å²) in [7, 11) is 0. The number of para-hydroxylation sites is 1. The number of carbonyl (C=O) groups is 1. The van der Waals surface area contributed by atoms with E-state index in [9.17, 15) is 4.79 Å². The molecular weight excluding hydrogens is 493 g/mol. The van der Waals surface area contributed by atoms with Gasteiger partial charge in [-0.1, -0.05) is 24.3 Å². The highest BCUT2D eigenvalue weighted by Crippen LogP contribution is 2.17. The number of rotatable bonds is 4. The summed E-state index contributed by atoms with van der Waals surface area (Å²) in [5.74, 6) is 0.855. The molecule has 3 rings (SSSR count). The van der Waals surface area contributed by atoms with Crippen LogP contribution in [0.3, 0.4) is 0 Å². The Kier molecular flexibility index (Phi) is 8.69. The molecule has 1 unspecified atom stereocenters. The predicted molar refractivity (Wildman–Crippen MR) is 131 cm³/mol. The number of hydrogen-bond acceptors (Lipinski definition) is 4. The van der Waals surface area contributed by atoms with Crippen molar-refractivity contribution in [3.63, 3.8) is 0 Å². The lowest BCUT2D eigenvalue weighted by atomic mass is 10.1. The van der Waals surface area contributed by atoms with Crippen molar-refractivity contribution < 1.29 is 9.53 Å². The Balaban J connectivity index is 0.00000320. The largest absolute Gasteiger partial charge is 0.444 e. The summed E-state index contributed by atoms with van der Waals surface area (Å²) < 4.78 is 5.37. The number of fused-ring (bicyclic) bond motifs is 1. The smallest absolute Gasteiger partial charge is 0.407 e. The number of hydrogen-bond donors (Lipinski definition) is 2. The third-order valence-corrected chi connectivity index (χ3v) is 4.66. The van der Waals surface area contributed by atoms with Crippen LogP contribution in [0.25, 0.3) is 10.9 Å². The molecule has 8 heteroatoms. The molecule has 7 nitrogen and oxygen atoms in total. The average Bonchev–Trinajstić information content (AvgIpc) is 3.11. The normalized spacial score (nSPS) is 16.9. The number of ether oxygens (including phenoxy) is 1. The van der Waals surface area contributed by atoms with Crippen molar-refractivity contribution in [3.05, 3.63) is 42.1 Å². The first-order chi connectivity index (χ1) is 13.9. The highest BCUT2D eigenvalue weighted by Gasteiger charge is 2.27. The van der Waals surface area contributed by atoms with Crippen molar-refractivity contribution in [1.29, 1.82) is 0 Å². The second kappa shape index (κ2) is 10.8. The van der Waals surface area contributed by atoms with E-state index in [0.717, 1.165) is 41.9 Å². The van der Waals surface area contributed by atoms with Crippen LogP contribution in [0.5, 0.6) is 0 Å². The fourth-order valence-corrected chi connectivity index (χ4v) is 3.43. The Bertz CT molecular complexity index is 876. The number of aliphatic imine (C=N–C) groups is 1. The molecule has 30 heavy (non-hydrogen) atoms. The summed E-state index contributed by atoms with van der Waals surface area (Å²) in [6, 6.07) is 10.2. The maximum absolute atomic E-state index is 12.0. The number of guanidine groups is 1. The van der Waals surface area contributed by atoms with Gasteiger partial charge in [0.05, 0.1) is 18.1 Å². The number of halogens is 1. The summed E-state index contributed by atoms with van der Waals surface area (Å²) >= 11 is 0. The topological polar surface area (TPSA) is 78.9 Å². The SMILES string of the molecule is CCNC(=NCc1cccc2cccnc12)N1CCC(NC(=O)OC(C)(C)C)C1.I. The Labute approximate surface area is 195 Å². The fourth-order valence-electron chi connectivity index (χ4n) is 3.43. The third-order valence-electron chi connectivity index (χ3n) is 4.66. The van der Waals surface area contributed by atoms with Gasteiger partial charge < -0.3 is 20.3 Å². The van der Waals surface area contributed by atoms with E-state index in [1.54, 1.807) is 0 Å². The number of pyridine rings is 1. The molecule has 1 fully saturated rings. The summed E-state index contributed by atoms with van der Waals surface area (Å²) in [4.78, 5) is 23.6. The van der Waals surface area contributed by atoms with Gasteiger partial charge in [0.2, 0.25) is 0 Å². The van der Waals surface area contributed by atoms with E-state index in [0.29, 0.717) is 13.1 Å². The fraction of sp³-hybridized carbons (Fsp3) is 0.500. The number of amides is 1. The Morgan fingerprint density at radius 3 is 2.80 bits per heavy atom. The van der Waals surface area contributed by atoms with Gasteiger partial charge in [-0.25, -0.2) is 9.79 Å². The van der Waals surface area contributed by atoms with Crippen molar-refractivity contribution in [2.24, 2.45) is 4.99 Å². The average molecular weight is 525 g/mol. The van der Waals surface area contributed by atoms with Crippen LogP contribution in [0.15, 0.2) is 41.5 Å². The number of nitrogens with zero attached hydrogens (tertiary/aromatic N) is 3. The minimum atomic E-state index is -0.495. The molecule has 1 aromatic heterocycles. The maximum atomic E-state index is 12.0. The van der Waals surface area contributed by atoms with Gasteiger partial charge in [-0.15, -0.1) is 24.0 Å². The molecule has 2 aromatic rings. The van der Waals surface area contributed by atoms with Crippen LogP contribution in [0.1, 0.15) is 39.7 Å². The van der Waals surface area contributed by atoms with E-state index < -0.39 is 5.60 Å². The van der Waals surface area contributed by atoms with Gasteiger partial charge in [0, 0.05) is 31.2 Å². The Morgan fingerprint density at radius 2 is 2.07 bits per heavy atom. The van der Waals surface area contributed by atoms with Gasteiger partial charge in [0.25, 0.3) is 0 Å². The van der Waals surface area contributed by atoms with Gasteiger partial charge in [-0.2, -0.15) is 0 Å². The highest BCUT2D eigenvalue weighted by molar-refractivity contribution is 14.0. The molecule has 0 aliphatic carbocycles. The zero-order valence-corrected chi connectivity index (χ0v) is 20.5.